The highest BCUT2D eigenvalue weighted by atomic mass is 32.3. The summed E-state index contributed by atoms with van der Waals surface area (Å²) in [6, 6.07) is 8.61. The molecule has 2 N–H and O–H groups in total. The molecule has 0 aliphatic carbocycles. The fourth-order valence-corrected chi connectivity index (χ4v) is 7.23. The molecule has 0 atom stereocenters. The first-order chi connectivity index (χ1) is 18.9. The number of hydrogen-bond donors (Lipinski definition) is 2. The maximum atomic E-state index is 13.6. The molecule has 11 nitrogen and oxygen atoms in total. The zero-order valence-electron chi connectivity index (χ0n) is 23.6. The molecular formula is C27H39N5O6S2. The summed E-state index contributed by atoms with van der Waals surface area (Å²) in [6.45, 7) is 7.91. The van der Waals surface area contributed by atoms with Gasteiger partial charge < -0.3 is 24.6 Å². The van der Waals surface area contributed by atoms with E-state index in [4.69, 9.17) is 9.47 Å². The Morgan fingerprint density at radius 2 is 1.75 bits per heavy atom. The van der Waals surface area contributed by atoms with Gasteiger partial charge in [-0.3, -0.25) is 14.3 Å². The molecule has 2 saturated heterocycles. The Balaban J connectivity index is 1.60. The van der Waals surface area contributed by atoms with E-state index < -0.39 is 31.8 Å². The molecule has 40 heavy (non-hydrogen) atoms. The van der Waals surface area contributed by atoms with Crippen LogP contribution in [0.1, 0.15) is 22.8 Å². The lowest BCUT2D eigenvalue weighted by molar-refractivity contribution is -0.139. The molecule has 0 saturated carbocycles. The number of nitrogens with one attached hydrogen (secondary N) is 2. The second-order valence-electron chi connectivity index (χ2n) is 10.5. The van der Waals surface area contributed by atoms with Gasteiger partial charge in [0, 0.05) is 26.2 Å². The van der Waals surface area contributed by atoms with E-state index in [2.05, 4.69) is 37.3 Å². The Bertz CT molecular complexity index is 1330. The molecule has 0 radical (unpaired) electrons. The van der Waals surface area contributed by atoms with Crippen molar-refractivity contribution in [1.29, 1.82) is 0 Å². The lowest BCUT2D eigenvalue weighted by atomic mass is 10.1. The highest BCUT2D eigenvalue weighted by molar-refractivity contribution is 8.32. The van der Waals surface area contributed by atoms with Gasteiger partial charge in [0.15, 0.2) is 5.75 Å². The predicted molar refractivity (Wildman–Crippen MR) is 162 cm³/mol. The van der Waals surface area contributed by atoms with Gasteiger partial charge in [0.1, 0.15) is 11.6 Å². The minimum absolute atomic E-state index is 0.0966. The number of anilines is 4. The van der Waals surface area contributed by atoms with E-state index in [0.717, 1.165) is 49.1 Å². The first-order valence-corrected chi connectivity index (χ1v) is 17.8. The van der Waals surface area contributed by atoms with Gasteiger partial charge >= 0.3 is 5.97 Å². The second-order valence-corrected chi connectivity index (χ2v) is 16.6. The SMILES string of the molecule is CCOC(=O)CS(=O)(=O)Nc1ccc(C(=O)Nc2cc(C)cc(N3CCOCC3)n2)c(N2CCS(C)(C)CC2)c1. The third-order valence-electron chi connectivity index (χ3n) is 6.83. The van der Waals surface area contributed by atoms with E-state index in [1.165, 1.54) is 6.07 Å². The van der Waals surface area contributed by atoms with Crippen molar-refractivity contribution in [1.82, 2.24) is 4.98 Å². The van der Waals surface area contributed by atoms with Crippen molar-refractivity contribution in [2.75, 3.05) is 95.6 Å². The van der Waals surface area contributed by atoms with E-state index in [0.29, 0.717) is 30.3 Å². The van der Waals surface area contributed by atoms with Crippen LogP contribution in [0, 0.1) is 6.92 Å². The quantitative estimate of drug-likeness (QED) is 0.422. The van der Waals surface area contributed by atoms with Gasteiger partial charge in [-0.25, -0.2) is 23.4 Å². The molecule has 13 heteroatoms. The molecule has 0 spiro atoms. The number of esters is 1. The van der Waals surface area contributed by atoms with E-state index >= 15 is 0 Å². The summed E-state index contributed by atoms with van der Waals surface area (Å²) in [5, 5.41) is 2.95. The number of hydrogen-bond acceptors (Lipinski definition) is 9. The first kappa shape index (κ1) is 29.9. The van der Waals surface area contributed by atoms with Crippen LogP contribution >= 0.6 is 10.0 Å². The van der Waals surface area contributed by atoms with Crippen molar-refractivity contribution >= 4 is 54.9 Å². The van der Waals surface area contributed by atoms with Crippen LogP contribution in [0.25, 0.3) is 0 Å². The van der Waals surface area contributed by atoms with Crippen molar-refractivity contribution in [2.24, 2.45) is 0 Å². The molecule has 2 fully saturated rings. The molecule has 3 heterocycles. The molecule has 1 aromatic heterocycles. The average Bonchev–Trinajstić information content (AvgIpc) is 2.88. The van der Waals surface area contributed by atoms with Crippen LogP contribution in [0.5, 0.6) is 0 Å². The van der Waals surface area contributed by atoms with E-state index in [1.54, 1.807) is 19.1 Å². The summed E-state index contributed by atoms with van der Waals surface area (Å²) in [5.74, 6) is 1.30. The van der Waals surface area contributed by atoms with Gasteiger partial charge in [-0.15, -0.1) is 0 Å². The van der Waals surface area contributed by atoms with E-state index in [1.807, 2.05) is 19.1 Å². The first-order valence-electron chi connectivity index (χ1n) is 13.3. The lowest BCUT2D eigenvalue weighted by Gasteiger charge is -2.42. The van der Waals surface area contributed by atoms with E-state index in [-0.39, 0.29) is 18.2 Å². The molecule has 1 aromatic carbocycles. The molecule has 1 amide bonds. The van der Waals surface area contributed by atoms with Crippen molar-refractivity contribution < 1.29 is 27.5 Å². The Labute approximate surface area is 238 Å². The van der Waals surface area contributed by atoms with Crippen molar-refractivity contribution in [3.63, 3.8) is 0 Å². The average molecular weight is 594 g/mol. The van der Waals surface area contributed by atoms with E-state index in [9.17, 15) is 18.0 Å². The smallest absolute Gasteiger partial charge is 0.323 e. The number of nitrogens with zero attached hydrogens (tertiary/aromatic N) is 3. The normalized spacial score (nSPS) is 18.1. The van der Waals surface area contributed by atoms with Gasteiger partial charge in [-0.1, -0.05) is 0 Å². The number of rotatable bonds is 9. The number of benzene rings is 1. The number of pyridine rings is 1. The molecular weight excluding hydrogens is 554 g/mol. The maximum absolute atomic E-state index is 13.6. The van der Waals surface area contributed by atoms with Gasteiger partial charge in [0.25, 0.3) is 5.91 Å². The Hall–Kier alpha value is -3.03. The van der Waals surface area contributed by atoms with Crippen LogP contribution in [0.15, 0.2) is 30.3 Å². The summed E-state index contributed by atoms with van der Waals surface area (Å²) < 4.78 is 37.9. The van der Waals surface area contributed by atoms with Crippen LogP contribution < -0.4 is 19.8 Å². The zero-order valence-corrected chi connectivity index (χ0v) is 25.2. The Morgan fingerprint density at radius 3 is 2.42 bits per heavy atom. The maximum Gasteiger partial charge on any atom is 0.323 e. The highest BCUT2D eigenvalue weighted by Crippen LogP contribution is 2.43. The van der Waals surface area contributed by atoms with Crippen LogP contribution in [0.3, 0.4) is 0 Å². The van der Waals surface area contributed by atoms with Gasteiger partial charge in [-0.05, 0) is 73.8 Å². The Kier molecular flexibility index (Phi) is 9.47. The third kappa shape index (κ3) is 8.01. The number of carbonyl (C=O) groups excluding carboxylic acids is 2. The number of aromatic nitrogens is 1. The fraction of sp³-hybridized carbons (Fsp3) is 0.519. The van der Waals surface area contributed by atoms with Gasteiger partial charge in [-0.2, -0.15) is 0 Å². The van der Waals surface area contributed by atoms with Gasteiger partial charge in [0.05, 0.1) is 36.8 Å². The number of aryl methyl sites for hydroxylation is 1. The monoisotopic (exact) mass is 593 g/mol. The number of sulfonamides is 1. The minimum Gasteiger partial charge on any atom is -0.465 e. The summed E-state index contributed by atoms with van der Waals surface area (Å²) in [7, 11) is -4.70. The summed E-state index contributed by atoms with van der Waals surface area (Å²) in [6.07, 6.45) is 4.60. The second kappa shape index (κ2) is 12.6. The third-order valence-corrected chi connectivity index (χ3v) is 10.6. The fourth-order valence-electron chi connectivity index (χ4n) is 4.64. The lowest BCUT2D eigenvalue weighted by Crippen LogP contribution is -2.39. The molecule has 2 aliphatic rings. The summed E-state index contributed by atoms with van der Waals surface area (Å²) in [5.41, 5.74) is 2.29. The van der Waals surface area contributed by atoms with Crippen molar-refractivity contribution in [3.8, 4) is 0 Å². The minimum atomic E-state index is -3.99. The van der Waals surface area contributed by atoms with Crippen LogP contribution in [-0.2, 0) is 24.3 Å². The topological polar surface area (TPSA) is 130 Å². The molecule has 2 aliphatic heterocycles. The Morgan fingerprint density at radius 1 is 1.05 bits per heavy atom. The van der Waals surface area contributed by atoms with Crippen LogP contribution in [0.2, 0.25) is 0 Å². The molecule has 0 bridgehead atoms. The number of ether oxygens (including phenoxy) is 2. The summed E-state index contributed by atoms with van der Waals surface area (Å²) >= 11 is 0. The molecule has 0 unspecified atom stereocenters. The summed E-state index contributed by atoms with van der Waals surface area (Å²) in [4.78, 5) is 34.3. The molecule has 220 valence electrons. The largest absolute Gasteiger partial charge is 0.465 e. The van der Waals surface area contributed by atoms with Crippen LogP contribution in [-0.4, -0.2) is 101 Å². The number of carbonyl (C=O) groups is 2. The van der Waals surface area contributed by atoms with Crippen molar-refractivity contribution in [3.05, 3.63) is 41.5 Å². The molecule has 2 aromatic rings. The highest BCUT2D eigenvalue weighted by Gasteiger charge is 2.26. The standard InChI is InChI=1S/C27H39N5O6S2/c1-5-38-26(33)19-40(35,36)30-21-6-7-22(23(18-21)31-10-14-39(3,4)15-11-31)27(34)29-24-16-20(2)17-25(28-24)32-8-12-37-13-9-32/h6-7,16-18,30H,5,8-15,19H2,1-4H3,(H,28,29,34). The van der Waals surface area contributed by atoms with Crippen molar-refractivity contribution in [2.45, 2.75) is 13.8 Å². The zero-order chi connectivity index (χ0) is 28.9. The van der Waals surface area contributed by atoms with Crippen LogP contribution in [0.4, 0.5) is 23.0 Å². The number of amides is 1. The van der Waals surface area contributed by atoms with Gasteiger partial charge in [0.2, 0.25) is 10.0 Å². The predicted octanol–water partition coefficient (Wildman–Crippen LogP) is 2.67. The number of morpholine rings is 1. The molecule has 4 rings (SSSR count).